The van der Waals surface area contributed by atoms with E-state index in [2.05, 4.69) is 10.6 Å². The lowest BCUT2D eigenvalue weighted by Gasteiger charge is -2.13. The van der Waals surface area contributed by atoms with Crippen LogP contribution in [0.15, 0.2) is 42.5 Å². The molecule has 0 aromatic heterocycles. The fourth-order valence-corrected chi connectivity index (χ4v) is 2.52. The predicted octanol–water partition coefficient (Wildman–Crippen LogP) is 1.55. The SMILES string of the molecule is O=C(NCC(O)c1ccc2c(c1)CCO2)C(=O)Nc1ccc(F)cc1. The van der Waals surface area contributed by atoms with E-state index in [1.165, 1.54) is 24.3 Å². The molecule has 2 aromatic carbocycles. The molecule has 1 aliphatic rings. The van der Waals surface area contributed by atoms with Crippen molar-refractivity contribution >= 4 is 17.5 Å². The van der Waals surface area contributed by atoms with Gasteiger partial charge in [-0.25, -0.2) is 4.39 Å². The van der Waals surface area contributed by atoms with Crippen LogP contribution >= 0.6 is 0 Å². The van der Waals surface area contributed by atoms with Gasteiger partial charge < -0.3 is 20.5 Å². The summed E-state index contributed by atoms with van der Waals surface area (Å²) >= 11 is 0. The maximum Gasteiger partial charge on any atom is 0.313 e. The van der Waals surface area contributed by atoms with Gasteiger partial charge in [0.1, 0.15) is 11.6 Å². The van der Waals surface area contributed by atoms with E-state index in [-0.39, 0.29) is 6.54 Å². The van der Waals surface area contributed by atoms with Crippen molar-refractivity contribution in [1.82, 2.24) is 5.32 Å². The normalized spacial score (nSPS) is 13.5. The van der Waals surface area contributed by atoms with Crippen molar-refractivity contribution in [3.63, 3.8) is 0 Å². The second-order valence-electron chi connectivity index (χ2n) is 5.65. The highest BCUT2D eigenvalue weighted by Gasteiger charge is 2.18. The van der Waals surface area contributed by atoms with Crippen LogP contribution in [0.5, 0.6) is 5.75 Å². The molecule has 0 bridgehead atoms. The standard InChI is InChI=1S/C18H17FN2O4/c19-13-2-4-14(5-3-13)21-18(24)17(23)20-10-15(22)11-1-6-16-12(9-11)7-8-25-16/h1-6,9,15,22H,7-8,10H2,(H,20,23)(H,21,24). The van der Waals surface area contributed by atoms with E-state index in [0.717, 1.165) is 17.7 Å². The summed E-state index contributed by atoms with van der Waals surface area (Å²) in [5, 5.41) is 14.9. The largest absolute Gasteiger partial charge is 0.493 e. The number of amides is 2. The van der Waals surface area contributed by atoms with Gasteiger partial charge in [0.05, 0.1) is 12.7 Å². The van der Waals surface area contributed by atoms with Crippen molar-refractivity contribution < 1.29 is 23.8 Å². The molecule has 2 aromatic rings. The summed E-state index contributed by atoms with van der Waals surface area (Å²) < 4.78 is 18.2. The number of anilines is 1. The summed E-state index contributed by atoms with van der Waals surface area (Å²) in [7, 11) is 0. The van der Waals surface area contributed by atoms with Crippen molar-refractivity contribution in [2.24, 2.45) is 0 Å². The first-order chi connectivity index (χ1) is 12.0. The summed E-state index contributed by atoms with van der Waals surface area (Å²) in [6.45, 7) is 0.518. The van der Waals surface area contributed by atoms with Crippen molar-refractivity contribution in [3.05, 3.63) is 59.4 Å². The minimum Gasteiger partial charge on any atom is -0.493 e. The number of rotatable bonds is 4. The van der Waals surface area contributed by atoms with E-state index >= 15 is 0 Å². The van der Waals surface area contributed by atoms with Crippen LogP contribution in [0.2, 0.25) is 0 Å². The molecule has 3 N–H and O–H groups in total. The molecule has 6 nitrogen and oxygen atoms in total. The van der Waals surface area contributed by atoms with Gasteiger partial charge in [-0.2, -0.15) is 0 Å². The molecule has 1 unspecified atom stereocenters. The molecule has 0 saturated carbocycles. The highest BCUT2D eigenvalue weighted by atomic mass is 19.1. The Balaban J connectivity index is 1.52. The Morgan fingerprint density at radius 2 is 1.92 bits per heavy atom. The number of nitrogens with one attached hydrogen (secondary N) is 2. The first-order valence-corrected chi connectivity index (χ1v) is 7.81. The number of carbonyl (C=O) groups excluding carboxylic acids is 2. The molecule has 25 heavy (non-hydrogen) atoms. The van der Waals surface area contributed by atoms with E-state index in [0.29, 0.717) is 17.9 Å². The molecule has 2 amide bonds. The Morgan fingerprint density at radius 3 is 2.68 bits per heavy atom. The van der Waals surface area contributed by atoms with Gasteiger partial charge in [-0.1, -0.05) is 6.07 Å². The summed E-state index contributed by atoms with van der Waals surface area (Å²) in [5.41, 5.74) is 1.96. The van der Waals surface area contributed by atoms with Crippen molar-refractivity contribution in [2.45, 2.75) is 12.5 Å². The lowest BCUT2D eigenvalue weighted by atomic mass is 10.0. The van der Waals surface area contributed by atoms with Gasteiger partial charge >= 0.3 is 11.8 Å². The zero-order valence-corrected chi connectivity index (χ0v) is 13.3. The highest BCUT2D eigenvalue weighted by Crippen LogP contribution is 2.27. The molecule has 130 valence electrons. The summed E-state index contributed by atoms with van der Waals surface area (Å²) in [5.74, 6) is -1.40. The van der Waals surface area contributed by atoms with E-state index < -0.39 is 23.7 Å². The maximum atomic E-state index is 12.8. The second-order valence-corrected chi connectivity index (χ2v) is 5.65. The average molecular weight is 344 g/mol. The van der Waals surface area contributed by atoms with Crippen LogP contribution in [-0.2, 0) is 16.0 Å². The zero-order valence-electron chi connectivity index (χ0n) is 13.3. The number of ether oxygens (including phenoxy) is 1. The van der Waals surface area contributed by atoms with Crippen LogP contribution in [0.3, 0.4) is 0 Å². The number of fused-ring (bicyclic) bond motifs is 1. The van der Waals surface area contributed by atoms with Gasteiger partial charge in [0.15, 0.2) is 0 Å². The molecule has 7 heteroatoms. The third-order valence-electron chi connectivity index (χ3n) is 3.86. The second kappa shape index (κ2) is 7.31. The molecule has 0 saturated heterocycles. The molecule has 1 atom stereocenters. The molecular weight excluding hydrogens is 327 g/mol. The number of carbonyl (C=O) groups is 2. The fraction of sp³-hybridized carbons (Fsp3) is 0.222. The average Bonchev–Trinajstić information content (AvgIpc) is 3.08. The predicted molar refractivity (Wildman–Crippen MR) is 88.6 cm³/mol. The van der Waals surface area contributed by atoms with Crippen LogP contribution in [0.25, 0.3) is 0 Å². The molecule has 0 fully saturated rings. The minimum atomic E-state index is -0.937. The Bertz CT molecular complexity index is 792. The van der Waals surface area contributed by atoms with E-state index in [4.69, 9.17) is 4.74 Å². The van der Waals surface area contributed by atoms with Gasteiger partial charge in [-0.05, 0) is 47.5 Å². The molecule has 0 radical (unpaired) electrons. The molecule has 1 aliphatic heterocycles. The summed E-state index contributed by atoms with van der Waals surface area (Å²) in [6.07, 6.45) is -0.157. The maximum absolute atomic E-state index is 12.8. The zero-order chi connectivity index (χ0) is 17.8. The van der Waals surface area contributed by atoms with Crippen LogP contribution in [0, 0.1) is 5.82 Å². The number of halogens is 1. The number of benzene rings is 2. The summed E-state index contributed by atoms with van der Waals surface area (Å²) in [6, 6.07) is 10.4. The van der Waals surface area contributed by atoms with Crippen molar-refractivity contribution in [2.75, 3.05) is 18.5 Å². The van der Waals surface area contributed by atoms with Gasteiger partial charge in [-0.3, -0.25) is 9.59 Å². The van der Waals surface area contributed by atoms with Gasteiger partial charge in [-0.15, -0.1) is 0 Å². The number of hydrogen-bond acceptors (Lipinski definition) is 4. The van der Waals surface area contributed by atoms with Crippen LogP contribution in [-0.4, -0.2) is 30.1 Å². The topological polar surface area (TPSA) is 87.7 Å². The van der Waals surface area contributed by atoms with Crippen LogP contribution in [0.4, 0.5) is 10.1 Å². The summed E-state index contributed by atoms with van der Waals surface area (Å²) in [4.78, 5) is 23.6. The third-order valence-corrected chi connectivity index (χ3v) is 3.86. The number of aliphatic hydroxyl groups is 1. The monoisotopic (exact) mass is 344 g/mol. The molecule has 0 spiro atoms. The first kappa shape index (κ1) is 16.9. The van der Waals surface area contributed by atoms with Gasteiger partial charge in [0, 0.05) is 18.7 Å². The Hall–Kier alpha value is -2.93. The Labute approximate surface area is 143 Å². The van der Waals surface area contributed by atoms with E-state index in [1.807, 2.05) is 6.07 Å². The minimum absolute atomic E-state index is 0.102. The van der Waals surface area contributed by atoms with Gasteiger partial charge in [0.25, 0.3) is 0 Å². The van der Waals surface area contributed by atoms with Crippen LogP contribution < -0.4 is 15.4 Å². The highest BCUT2D eigenvalue weighted by molar-refractivity contribution is 6.39. The lowest BCUT2D eigenvalue weighted by Crippen LogP contribution is -2.37. The van der Waals surface area contributed by atoms with Crippen molar-refractivity contribution in [3.8, 4) is 5.75 Å². The fourth-order valence-electron chi connectivity index (χ4n) is 2.52. The molecule has 1 heterocycles. The smallest absolute Gasteiger partial charge is 0.313 e. The first-order valence-electron chi connectivity index (χ1n) is 7.81. The van der Waals surface area contributed by atoms with Gasteiger partial charge in [0.2, 0.25) is 0 Å². The number of aliphatic hydroxyl groups excluding tert-OH is 1. The Morgan fingerprint density at radius 1 is 1.16 bits per heavy atom. The van der Waals surface area contributed by atoms with E-state index in [1.54, 1.807) is 12.1 Å². The van der Waals surface area contributed by atoms with E-state index in [9.17, 15) is 19.1 Å². The van der Waals surface area contributed by atoms with Crippen LogP contribution in [0.1, 0.15) is 17.2 Å². The molecule has 3 rings (SSSR count). The number of hydrogen-bond donors (Lipinski definition) is 3. The lowest BCUT2D eigenvalue weighted by molar-refractivity contribution is -0.136. The molecule has 0 aliphatic carbocycles. The Kier molecular flexibility index (Phi) is 4.95. The molecular formula is C18H17FN2O4. The quantitative estimate of drug-likeness (QED) is 0.735. The third kappa shape index (κ3) is 4.13. The van der Waals surface area contributed by atoms with Crippen molar-refractivity contribution in [1.29, 1.82) is 0 Å².